The van der Waals surface area contributed by atoms with Crippen molar-refractivity contribution < 1.29 is 14.6 Å². The second-order valence-electron chi connectivity index (χ2n) is 7.49. The SMILES string of the molecule is Cc1ccc(Oc2ccc(C(C)Nc3nccc4c3CN(CCO)C4=O)cc2)cc1. The molecule has 154 valence electrons. The third-order valence-electron chi connectivity index (χ3n) is 5.28. The lowest BCUT2D eigenvalue weighted by Crippen LogP contribution is -2.26. The van der Waals surface area contributed by atoms with Gasteiger partial charge in [-0.3, -0.25) is 4.79 Å². The van der Waals surface area contributed by atoms with E-state index < -0.39 is 0 Å². The first-order valence-electron chi connectivity index (χ1n) is 10.0. The van der Waals surface area contributed by atoms with Crippen LogP contribution < -0.4 is 10.1 Å². The van der Waals surface area contributed by atoms with Gasteiger partial charge in [0.1, 0.15) is 17.3 Å². The second-order valence-corrected chi connectivity index (χ2v) is 7.49. The van der Waals surface area contributed by atoms with Gasteiger partial charge in [-0.05, 0) is 49.7 Å². The summed E-state index contributed by atoms with van der Waals surface area (Å²) in [6, 6.07) is 17.6. The summed E-state index contributed by atoms with van der Waals surface area (Å²) in [6.07, 6.45) is 1.65. The van der Waals surface area contributed by atoms with Gasteiger partial charge < -0.3 is 20.1 Å². The molecule has 1 aliphatic heterocycles. The number of benzene rings is 2. The van der Waals surface area contributed by atoms with Gasteiger partial charge in [0.05, 0.1) is 13.2 Å². The number of nitrogens with zero attached hydrogens (tertiary/aromatic N) is 2. The maximum atomic E-state index is 12.4. The average Bonchev–Trinajstić information content (AvgIpc) is 3.07. The molecular weight excluding hydrogens is 378 g/mol. The smallest absolute Gasteiger partial charge is 0.254 e. The predicted octanol–water partition coefficient (Wildman–Crippen LogP) is 4.30. The molecule has 1 aromatic heterocycles. The van der Waals surface area contributed by atoms with E-state index in [1.807, 2.05) is 55.5 Å². The summed E-state index contributed by atoms with van der Waals surface area (Å²) in [6.45, 7) is 4.83. The van der Waals surface area contributed by atoms with Crippen LogP contribution in [0.2, 0.25) is 0 Å². The van der Waals surface area contributed by atoms with Gasteiger partial charge in [-0.1, -0.05) is 29.8 Å². The molecule has 1 atom stereocenters. The molecule has 0 radical (unpaired) electrons. The van der Waals surface area contributed by atoms with Crippen LogP contribution in [-0.2, 0) is 6.54 Å². The topological polar surface area (TPSA) is 74.7 Å². The summed E-state index contributed by atoms with van der Waals surface area (Å²) < 4.78 is 5.90. The summed E-state index contributed by atoms with van der Waals surface area (Å²) in [5.74, 6) is 2.22. The standard InChI is InChI=1S/C24H25N3O3/c1-16-3-7-19(8-4-16)30-20-9-5-18(6-10-20)17(2)26-23-22-15-27(13-14-28)24(29)21(22)11-12-25-23/h3-12,17,28H,13-15H2,1-2H3,(H,25,26). The minimum absolute atomic E-state index is 0.000538. The van der Waals surface area contributed by atoms with Crippen molar-refractivity contribution in [1.82, 2.24) is 9.88 Å². The molecule has 2 N–H and O–H groups in total. The third-order valence-corrected chi connectivity index (χ3v) is 5.28. The van der Waals surface area contributed by atoms with E-state index in [2.05, 4.69) is 17.2 Å². The van der Waals surface area contributed by atoms with Crippen molar-refractivity contribution in [3.63, 3.8) is 0 Å². The van der Waals surface area contributed by atoms with Crippen molar-refractivity contribution >= 4 is 11.7 Å². The molecule has 1 aliphatic rings. The van der Waals surface area contributed by atoms with Crippen LogP contribution in [0, 0.1) is 6.92 Å². The summed E-state index contributed by atoms with van der Waals surface area (Å²) in [5, 5.41) is 12.6. The Morgan fingerprint density at radius 3 is 2.43 bits per heavy atom. The molecule has 0 bridgehead atoms. The van der Waals surface area contributed by atoms with Crippen molar-refractivity contribution in [2.75, 3.05) is 18.5 Å². The van der Waals surface area contributed by atoms with Crippen molar-refractivity contribution in [1.29, 1.82) is 0 Å². The Balaban J connectivity index is 1.46. The highest BCUT2D eigenvalue weighted by Crippen LogP contribution is 2.30. The molecule has 4 rings (SSSR count). The fraction of sp³-hybridized carbons (Fsp3) is 0.250. The number of nitrogens with one attached hydrogen (secondary N) is 1. The van der Waals surface area contributed by atoms with Crippen LogP contribution in [0.3, 0.4) is 0 Å². The number of fused-ring (bicyclic) bond motifs is 1. The molecule has 0 saturated heterocycles. The fourth-order valence-electron chi connectivity index (χ4n) is 3.57. The van der Waals surface area contributed by atoms with Gasteiger partial charge in [-0.2, -0.15) is 0 Å². The van der Waals surface area contributed by atoms with Crippen LogP contribution in [0.5, 0.6) is 11.5 Å². The number of aromatic nitrogens is 1. The average molecular weight is 403 g/mol. The lowest BCUT2D eigenvalue weighted by molar-refractivity contribution is 0.0746. The molecule has 0 aliphatic carbocycles. The first kappa shape index (κ1) is 19.9. The Morgan fingerprint density at radius 1 is 1.10 bits per heavy atom. The molecule has 6 nitrogen and oxygen atoms in total. The maximum Gasteiger partial charge on any atom is 0.254 e. The Bertz CT molecular complexity index is 1030. The molecular formula is C24H25N3O3. The van der Waals surface area contributed by atoms with E-state index in [1.54, 1.807) is 17.2 Å². The van der Waals surface area contributed by atoms with Gasteiger partial charge in [0.15, 0.2) is 0 Å². The van der Waals surface area contributed by atoms with Gasteiger partial charge in [-0.25, -0.2) is 4.98 Å². The molecule has 2 heterocycles. The lowest BCUT2D eigenvalue weighted by atomic mass is 10.1. The van der Waals surface area contributed by atoms with E-state index >= 15 is 0 Å². The number of hydrogen-bond acceptors (Lipinski definition) is 5. The van der Waals surface area contributed by atoms with E-state index in [9.17, 15) is 9.90 Å². The Labute approximate surface area is 176 Å². The first-order chi connectivity index (χ1) is 14.5. The van der Waals surface area contributed by atoms with Gasteiger partial charge in [0.2, 0.25) is 0 Å². The van der Waals surface area contributed by atoms with Crippen LogP contribution >= 0.6 is 0 Å². The molecule has 0 saturated carbocycles. The van der Waals surface area contributed by atoms with Gasteiger partial charge in [-0.15, -0.1) is 0 Å². The minimum Gasteiger partial charge on any atom is -0.457 e. The first-order valence-corrected chi connectivity index (χ1v) is 10.0. The van der Waals surface area contributed by atoms with Crippen LogP contribution in [0.25, 0.3) is 0 Å². The monoisotopic (exact) mass is 403 g/mol. The number of aliphatic hydroxyl groups excluding tert-OH is 1. The van der Waals surface area contributed by atoms with Crippen LogP contribution in [0.15, 0.2) is 60.8 Å². The highest BCUT2D eigenvalue weighted by molar-refractivity contribution is 5.99. The Morgan fingerprint density at radius 2 is 1.77 bits per heavy atom. The quantitative estimate of drug-likeness (QED) is 0.615. The molecule has 6 heteroatoms. The van der Waals surface area contributed by atoms with Crippen molar-refractivity contribution in [3.05, 3.63) is 83.0 Å². The highest BCUT2D eigenvalue weighted by atomic mass is 16.5. The zero-order chi connectivity index (χ0) is 21.1. The molecule has 2 aromatic carbocycles. The maximum absolute atomic E-state index is 12.4. The highest BCUT2D eigenvalue weighted by Gasteiger charge is 2.29. The summed E-state index contributed by atoms with van der Waals surface area (Å²) in [4.78, 5) is 18.5. The van der Waals surface area contributed by atoms with E-state index in [0.717, 1.165) is 22.6 Å². The van der Waals surface area contributed by atoms with Crippen molar-refractivity contribution in [3.8, 4) is 11.5 Å². The van der Waals surface area contributed by atoms with E-state index in [1.165, 1.54) is 5.56 Å². The van der Waals surface area contributed by atoms with Crippen LogP contribution in [-0.4, -0.2) is 34.0 Å². The number of carbonyl (C=O) groups is 1. The second kappa shape index (κ2) is 8.55. The number of aliphatic hydroxyl groups is 1. The minimum atomic E-state index is -0.0604. The van der Waals surface area contributed by atoms with Gasteiger partial charge >= 0.3 is 0 Å². The van der Waals surface area contributed by atoms with Crippen LogP contribution in [0.1, 0.15) is 40.0 Å². The Kier molecular flexibility index (Phi) is 5.68. The number of rotatable bonds is 7. The molecule has 0 fully saturated rings. The zero-order valence-electron chi connectivity index (χ0n) is 17.1. The van der Waals surface area contributed by atoms with E-state index in [-0.39, 0.29) is 18.6 Å². The molecule has 30 heavy (non-hydrogen) atoms. The third kappa shape index (κ3) is 4.14. The van der Waals surface area contributed by atoms with E-state index in [4.69, 9.17) is 4.74 Å². The lowest BCUT2D eigenvalue weighted by Gasteiger charge is -2.18. The number of ether oxygens (including phenoxy) is 1. The van der Waals surface area contributed by atoms with Crippen molar-refractivity contribution in [2.45, 2.75) is 26.4 Å². The number of anilines is 1. The van der Waals surface area contributed by atoms with Crippen LogP contribution in [0.4, 0.5) is 5.82 Å². The Hall–Kier alpha value is -3.38. The molecule has 1 unspecified atom stereocenters. The molecule has 3 aromatic rings. The number of amides is 1. The summed E-state index contributed by atoms with van der Waals surface area (Å²) >= 11 is 0. The predicted molar refractivity (Wildman–Crippen MR) is 116 cm³/mol. The largest absolute Gasteiger partial charge is 0.457 e. The van der Waals surface area contributed by atoms with Crippen molar-refractivity contribution in [2.24, 2.45) is 0 Å². The number of carbonyl (C=O) groups excluding carboxylic acids is 1. The van der Waals surface area contributed by atoms with E-state index in [0.29, 0.717) is 24.5 Å². The number of pyridine rings is 1. The summed E-state index contributed by atoms with van der Waals surface area (Å²) in [5.41, 5.74) is 3.80. The number of β-amino-alcohol motifs (C(OH)–C–C–N with tert-alkyl or cyclic N) is 1. The molecule has 0 spiro atoms. The fourth-order valence-corrected chi connectivity index (χ4v) is 3.57. The number of hydrogen-bond donors (Lipinski definition) is 2. The van der Waals surface area contributed by atoms with Gasteiger partial charge in [0, 0.05) is 29.9 Å². The van der Waals surface area contributed by atoms with Gasteiger partial charge in [0.25, 0.3) is 5.91 Å². The molecule has 1 amide bonds. The normalized spacial score (nSPS) is 13.8. The number of aryl methyl sites for hydroxylation is 1. The zero-order valence-corrected chi connectivity index (χ0v) is 17.1. The summed E-state index contributed by atoms with van der Waals surface area (Å²) in [7, 11) is 0.